The van der Waals surface area contributed by atoms with Gasteiger partial charge in [0.05, 0.1) is 23.5 Å². The molecule has 0 unspecified atom stereocenters. The van der Waals surface area contributed by atoms with Crippen molar-refractivity contribution in [1.82, 2.24) is 9.97 Å². The summed E-state index contributed by atoms with van der Waals surface area (Å²) in [5.41, 5.74) is 7.70. The van der Waals surface area contributed by atoms with Crippen LogP contribution < -0.4 is 5.32 Å². The zero-order valence-corrected chi connectivity index (χ0v) is 19.6. The van der Waals surface area contributed by atoms with Crippen LogP contribution in [0.4, 0.5) is 5.82 Å². The molecule has 0 bridgehead atoms. The van der Waals surface area contributed by atoms with Crippen LogP contribution in [0.3, 0.4) is 0 Å². The predicted molar refractivity (Wildman–Crippen MR) is 133 cm³/mol. The summed E-state index contributed by atoms with van der Waals surface area (Å²) in [6.07, 6.45) is 10.9. The van der Waals surface area contributed by atoms with Crippen molar-refractivity contribution >= 4 is 11.7 Å². The molecule has 33 heavy (non-hydrogen) atoms. The standard InChI is InChI=1S/C29H33N3O/c1-20-11-13-22(14-12-20)19-27(33)32-29-26(17-15-21-7-3-2-4-8-21)30-28-24-10-6-5-9-23(24)16-18-25(28)31-29/h5-6,9-14,21H,2-4,7-8,15-19H2,1H3,(H,31,32,33). The number of carbonyl (C=O) groups is 1. The molecule has 2 aliphatic carbocycles. The molecule has 0 radical (unpaired) electrons. The largest absolute Gasteiger partial charge is 0.309 e. The molecule has 1 aromatic heterocycles. The van der Waals surface area contributed by atoms with Gasteiger partial charge in [-0.2, -0.15) is 0 Å². The van der Waals surface area contributed by atoms with E-state index in [0.717, 1.165) is 54.2 Å². The average Bonchev–Trinajstić information content (AvgIpc) is 2.84. The first-order chi connectivity index (χ1) is 16.2. The quantitative estimate of drug-likeness (QED) is 0.494. The minimum atomic E-state index is -0.0248. The smallest absolute Gasteiger partial charge is 0.229 e. The molecule has 2 aromatic carbocycles. The normalized spacial score (nSPS) is 15.5. The summed E-state index contributed by atoms with van der Waals surface area (Å²) in [4.78, 5) is 23.0. The summed E-state index contributed by atoms with van der Waals surface area (Å²) in [5, 5.41) is 3.12. The van der Waals surface area contributed by atoms with Gasteiger partial charge >= 0.3 is 0 Å². The Kier molecular flexibility index (Phi) is 6.52. The Morgan fingerprint density at radius 1 is 0.970 bits per heavy atom. The Hall–Kier alpha value is -3.01. The molecule has 1 amide bonds. The highest BCUT2D eigenvalue weighted by atomic mass is 16.1. The topological polar surface area (TPSA) is 54.9 Å². The van der Waals surface area contributed by atoms with E-state index < -0.39 is 0 Å². The lowest BCUT2D eigenvalue weighted by molar-refractivity contribution is -0.115. The van der Waals surface area contributed by atoms with Gasteiger partial charge in [0.25, 0.3) is 0 Å². The Labute approximate surface area is 196 Å². The Bertz CT molecular complexity index is 1130. The number of rotatable bonds is 6. The fraction of sp³-hybridized carbons (Fsp3) is 0.414. The third-order valence-electron chi connectivity index (χ3n) is 7.20. The van der Waals surface area contributed by atoms with E-state index >= 15 is 0 Å². The lowest BCUT2D eigenvalue weighted by Gasteiger charge is -2.23. The fourth-order valence-electron chi connectivity index (χ4n) is 5.28. The van der Waals surface area contributed by atoms with Crippen LogP contribution in [0.15, 0.2) is 48.5 Å². The molecule has 0 spiro atoms. The highest BCUT2D eigenvalue weighted by molar-refractivity contribution is 5.92. The molecular formula is C29H33N3O. The second kappa shape index (κ2) is 9.86. The van der Waals surface area contributed by atoms with Crippen LogP contribution in [-0.4, -0.2) is 15.9 Å². The molecule has 0 saturated heterocycles. The molecule has 1 heterocycles. The van der Waals surface area contributed by atoms with Crippen LogP contribution >= 0.6 is 0 Å². The second-order valence-electron chi connectivity index (χ2n) is 9.72. The summed E-state index contributed by atoms with van der Waals surface area (Å²) >= 11 is 0. The SMILES string of the molecule is Cc1ccc(CC(=O)Nc2nc3c(nc2CCC2CCCCC2)-c2ccccc2CC3)cc1. The summed E-state index contributed by atoms with van der Waals surface area (Å²) in [7, 11) is 0. The maximum absolute atomic E-state index is 12.9. The van der Waals surface area contributed by atoms with E-state index in [1.807, 2.05) is 24.3 Å². The summed E-state index contributed by atoms with van der Waals surface area (Å²) in [6.45, 7) is 2.06. The number of nitrogens with one attached hydrogen (secondary N) is 1. The maximum Gasteiger partial charge on any atom is 0.229 e. The monoisotopic (exact) mass is 439 g/mol. The number of benzene rings is 2. The Morgan fingerprint density at radius 2 is 1.76 bits per heavy atom. The van der Waals surface area contributed by atoms with Crippen molar-refractivity contribution in [3.8, 4) is 11.3 Å². The molecule has 4 nitrogen and oxygen atoms in total. The number of nitrogens with zero attached hydrogens (tertiary/aromatic N) is 2. The number of aryl methyl sites for hydroxylation is 4. The third-order valence-corrected chi connectivity index (χ3v) is 7.20. The molecule has 3 aromatic rings. The molecule has 1 N–H and O–H groups in total. The molecule has 5 rings (SSSR count). The van der Waals surface area contributed by atoms with Gasteiger partial charge < -0.3 is 5.32 Å². The van der Waals surface area contributed by atoms with Gasteiger partial charge in [-0.15, -0.1) is 0 Å². The van der Waals surface area contributed by atoms with Crippen LogP contribution in [0.2, 0.25) is 0 Å². The van der Waals surface area contributed by atoms with Crippen molar-refractivity contribution < 1.29 is 4.79 Å². The van der Waals surface area contributed by atoms with Gasteiger partial charge in [0.2, 0.25) is 5.91 Å². The highest BCUT2D eigenvalue weighted by Gasteiger charge is 2.23. The van der Waals surface area contributed by atoms with Gasteiger partial charge in [-0.25, -0.2) is 9.97 Å². The highest BCUT2D eigenvalue weighted by Crippen LogP contribution is 2.34. The first-order valence-electron chi connectivity index (χ1n) is 12.5. The van der Waals surface area contributed by atoms with Crippen molar-refractivity contribution in [2.45, 2.75) is 71.1 Å². The second-order valence-corrected chi connectivity index (χ2v) is 9.72. The number of amides is 1. The van der Waals surface area contributed by atoms with E-state index in [2.05, 4.69) is 36.5 Å². The van der Waals surface area contributed by atoms with Gasteiger partial charge in [0.15, 0.2) is 5.82 Å². The lowest BCUT2D eigenvalue weighted by atomic mass is 9.85. The van der Waals surface area contributed by atoms with E-state index in [1.165, 1.54) is 48.8 Å². The van der Waals surface area contributed by atoms with Crippen molar-refractivity contribution in [3.05, 3.63) is 76.6 Å². The Morgan fingerprint density at radius 3 is 2.58 bits per heavy atom. The zero-order valence-electron chi connectivity index (χ0n) is 19.6. The number of fused-ring (bicyclic) bond motifs is 3. The molecule has 1 fully saturated rings. The van der Waals surface area contributed by atoms with Crippen LogP contribution in [0.1, 0.15) is 66.6 Å². The van der Waals surface area contributed by atoms with E-state index in [4.69, 9.17) is 9.97 Å². The summed E-state index contributed by atoms with van der Waals surface area (Å²) in [5.74, 6) is 1.41. The number of aromatic nitrogens is 2. The number of carbonyl (C=O) groups excluding carboxylic acids is 1. The molecule has 4 heteroatoms. The van der Waals surface area contributed by atoms with E-state index in [9.17, 15) is 4.79 Å². The first-order valence-corrected chi connectivity index (χ1v) is 12.5. The van der Waals surface area contributed by atoms with Crippen LogP contribution in [0.5, 0.6) is 0 Å². The van der Waals surface area contributed by atoms with Crippen LogP contribution in [0, 0.1) is 12.8 Å². The summed E-state index contributed by atoms with van der Waals surface area (Å²) < 4.78 is 0. The van der Waals surface area contributed by atoms with Crippen molar-refractivity contribution in [2.75, 3.05) is 5.32 Å². The van der Waals surface area contributed by atoms with Gasteiger partial charge in [-0.1, -0.05) is 86.2 Å². The van der Waals surface area contributed by atoms with Gasteiger partial charge in [0.1, 0.15) is 0 Å². The van der Waals surface area contributed by atoms with Crippen molar-refractivity contribution in [1.29, 1.82) is 0 Å². The number of hydrogen-bond donors (Lipinski definition) is 1. The first kappa shape index (κ1) is 21.8. The van der Waals surface area contributed by atoms with E-state index in [-0.39, 0.29) is 5.91 Å². The number of anilines is 1. The van der Waals surface area contributed by atoms with Crippen LogP contribution in [0.25, 0.3) is 11.3 Å². The minimum Gasteiger partial charge on any atom is -0.309 e. The summed E-state index contributed by atoms with van der Waals surface area (Å²) in [6, 6.07) is 16.7. The molecule has 1 saturated carbocycles. The number of hydrogen-bond acceptors (Lipinski definition) is 3. The van der Waals surface area contributed by atoms with E-state index in [0.29, 0.717) is 12.2 Å². The van der Waals surface area contributed by atoms with Gasteiger partial charge in [0, 0.05) is 5.56 Å². The van der Waals surface area contributed by atoms with Crippen molar-refractivity contribution in [3.63, 3.8) is 0 Å². The molecule has 2 aliphatic rings. The van der Waals surface area contributed by atoms with E-state index in [1.54, 1.807) is 0 Å². The third kappa shape index (κ3) is 5.16. The molecule has 0 atom stereocenters. The average molecular weight is 440 g/mol. The van der Waals surface area contributed by atoms with Crippen molar-refractivity contribution in [2.24, 2.45) is 5.92 Å². The minimum absolute atomic E-state index is 0.0248. The molecule has 170 valence electrons. The molecular weight excluding hydrogens is 406 g/mol. The fourth-order valence-corrected chi connectivity index (χ4v) is 5.28. The lowest BCUT2D eigenvalue weighted by Crippen LogP contribution is -2.20. The van der Waals surface area contributed by atoms with Gasteiger partial charge in [-0.05, 0) is 49.7 Å². The molecule has 0 aliphatic heterocycles. The van der Waals surface area contributed by atoms with Crippen LogP contribution in [-0.2, 0) is 30.5 Å². The maximum atomic E-state index is 12.9. The van der Waals surface area contributed by atoms with Gasteiger partial charge in [-0.3, -0.25) is 4.79 Å². The Balaban J connectivity index is 1.41. The zero-order chi connectivity index (χ0) is 22.6. The predicted octanol–water partition coefficient (Wildman–Crippen LogP) is 6.24.